The summed E-state index contributed by atoms with van der Waals surface area (Å²) in [5.41, 5.74) is -0.0648. The van der Waals surface area contributed by atoms with E-state index in [-0.39, 0.29) is 5.56 Å². The highest BCUT2D eigenvalue weighted by atomic mass is 16.1. The maximum absolute atomic E-state index is 11.3. The summed E-state index contributed by atoms with van der Waals surface area (Å²) in [4.78, 5) is 18.4. The van der Waals surface area contributed by atoms with E-state index in [9.17, 15) is 4.79 Å². The third kappa shape index (κ3) is 2.13. The molecular weight excluding hydrogens is 178 g/mol. The maximum Gasteiger partial charge on any atom is 0.252 e. The first-order chi connectivity index (χ1) is 6.65. The number of anilines is 1. The van der Waals surface area contributed by atoms with Crippen LogP contribution in [0.1, 0.15) is 38.4 Å². The van der Waals surface area contributed by atoms with Crippen molar-refractivity contribution >= 4 is 5.82 Å². The van der Waals surface area contributed by atoms with Gasteiger partial charge in [-0.15, -0.1) is 0 Å². The molecule has 1 aliphatic rings. The van der Waals surface area contributed by atoms with Crippen molar-refractivity contribution < 1.29 is 0 Å². The first kappa shape index (κ1) is 9.24. The van der Waals surface area contributed by atoms with Crippen LogP contribution in [0.5, 0.6) is 0 Å². The van der Waals surface area contributed by atoms with Gasteiger partial charge in [-0.1, -0.05) is 0 Å². The van der Waals surface area contributed by atoms with Gasteiger partial charge in [0.05, 0.1) is 0 Å². The Hall–Kier alpha value is -1.32. The molecule has 14 heavy (non-hydrogen) atoms. The lowest BCUT2D eigenvalue weighted by atomic mass is 10.3. The number of nitrogens with one attached hydrogen (secondary N) is 2. The zero-order valence-corrected chi connectivity index (χ0v) is 8.50. The highest BCUT2D eigenvalue weighted by molar-refractivity contribution is 5.34. The SMILES string of the molecule is CC(C)Nc1cc(=O)[nH]c(C2CC2)n1. The molecule has 0 aliphatic heterocycles. The first-order valence-corrected chi connectivity index (χ1v) is 5.03. The zero-order valence-electron chi connectivity index (χ0n) is 8.50. The van der Waals surface area contributed by atoms with Gasteiger partial charge >= 0.3 is 0 Å². The average molecular weight is 193 g/mol. The minimum Gasteiger partial charge on any atom is -0.368 e. The number of aromatic amines is 1. The summed E-state index contributed by atoms with van der Waals surface area (Å²) >= 11 is 0. The molecule has 4 nitrogen and oxygen atoms in total. The van der Waals surface area contributed by atoms with E-state index in [1.165, 1.54) is 6.07 Å². The molecule has 0 aromatic carbocycles. The molecule has 1 fully saturated rings. The van der Waals surface area contributed by atoms with Gasteiger partial charge in [0, 0.05) is 18.0 Å². The normalized spacial score (nSPS) is 15.9. The molecule has 1 saturated carbocycles. The topological polar surface area (TPSA) is 57.8 Å². The fourth-order valence-corrected chi connectivity index (χ4v) is 1.40. The van der Waals surface area contributed by atoms with Crippen LogP contribution < -0.4 is 10.9 Å². The standard InChI is InChI=1S/C10H15N3O/c1-6(2)11-8-5-9(14)13-10(12-8)7-3-4-7/h5-7H,3-4H2,1-2H3,(H2,11,12,13,14). The molecule has 0 saturated heterocycles. The van der Waals surface area contributed by atoms with Gasteiger partial charge in [-0.3, -0.25) is 4.79 Å². The maximum atomic E-state index is 11.3. The number of hydrogen-bond donors (Lipinski definition) is 2. The van der Waals surface area contributed by atoms with Crippen molar-refractivity contribution in [2.75, 3.05) is 5.32 Å². The van der Waals surface area contributed by atoms with E-state index in [0.717, 1.165) is 18.7 Å². The van der Waals surface area contributed by atoms with E-state index >= 15 is 0 Å². The third-order valence-electron chi connectivity index (χ3n) is 2.16. The summed E-state index contributed by atoms with van der Waals surface area (Å²) in [6, 6.07) is 1.81. The van der Waals surface area contributed by atoms with E-state index < -0.39 is 0 Å². The van der Waals surface area contributed by atoms with Gasteiger partial charge in [0.1, 0.15) is 11.6 Å². The monoisotopic (exact) mass is 193 g/mol. The lowest BCUT2D eigenvalue weighted by Crippen LogP contribution is -2.17. The summed E-state index contributed by atoms with van der Waals surface area (Å²) in [5.74, 6) is 2.00. The molecule has 0 spiro atoms. The van der Waals surface area contributed by atoms with Crippen LogP contribution >= 0.6 is 0 Å². The van der Waals surface area contributed by atoms with Crippen molar-refractivity contribution in [2.45, 2.75) is 38.6 Å². The Morgan fingerprint density at radius 2 is 2.29 bits per heavy atom. The summed E-state index contributed by atoms with van der Waals surface area (Å²) in [7, 11) is 0. The summed E-state index contributed by atoms with van der Waals surface area (Å²) in [6.07, 6.45) is 2.29. The van der Waals surface area contributed by atoms with Crippen LogP contribution in [-0.4, -0.2) is 16.0 Å². The van der Waals surface area contributed by atoms with Crippen LogP contribution in [0, 0.1) is 0 Å². The lowest BCUT2D eigenvalue weighted by molar-refractivity contribution is 0.857. The molecule has 0 bridgehead atoms. The van der Waals surface area contributed by atoms with Gasteiger partial charge in [-0.25, -0.2) is 4.98 Å². The smallest absolute Gasteiger partial charge is 0.252 e. The van der Waals surface area contributed by atoms with Gasteiger partial charge in [-0.2, -0.15) is 0 Å². The molecule has 2 N–H and O–H groups in total. The minimum atomic E-state index is -0.0648. The van der Waals surface area contributed by atoms with E-state index in [0.29, 0.717) is 17.8 Å². The first-order valence-electron chi connectivity index (χ1n) is 5.03. The summed E-state index contributed by atoms with van der Waals surface area (Å²) in [5, 5.41) is 3.14. The Kier molecular flexibility index (Phi) is 2.27. The molecular formula is C10H15N3O. The van der Waals surface area contributed by atoms with Gasteiger partial charge in [0.15, 0.2) is 0 Å². The van der Waals surface area contributed by atoms with Gasteiger partial charge in [-0.05, 0) is 26.7 Å². The fourth-order valence-electron chi connectivity index (χ4n) is 1.40. The predicted octanol–water partition coefficient (Wildman–Crippen LogP) is 1.47. The van der Waals surface area contributed by atoms with Crippen molar-refractivity contribution in [1.82, 2.24) is 9.97 Å². The Bertz CT molecular complexity index is 379. The van der Waals surface area contributed by atoms with Crippen LogP contribution in [0.15, 0.2) is 10.9 Å². The average Bonchev–Trinajstić information content (AvgIpc) is 2.82. The lowest BCUT2D eigenvalue weighted by Gasteiger charge is -2.09. The van der Waals surface area contributed by atoms with Crippen molar-refractivity contribution in [1.29, 1.82) is 0 Å². The minimum absolute atomic E-state index is 0.0648. The van der Waals surface area contributed by atoms with Crippen molar-refractivity contribution in [3.63, 3.8) is 0 Å². The van der Waals surface area contributed by atoms with Crippen molar-refractivity contribution in [3.05, 3.63) is 22.2 Å². The molecule has 0 atom stereocenters. The largest absolute Gasteiger partial charge is 0.368 e. The van der Waals surface area contributed by atoms with Crippen molar-refractivity contribution in [3.8, 4) is 0 Å². The van der Waals surface area contributed by atoms with Crippen LogP contribution in [0.2, 0.25) is 0 Å². The van der Waals surface area contributed by atoms with Gasteiger partial charge < -0.3 is 10.3 Å². The number of hydrogen-bond acceptors (Lipinski definition) is 3. The second kappa shape index (κ2) is 3.44. The third-order valence-corrected chi connectivity index (χ3v) is 2.16. The van der Waals surface area contributed by atoms with E-state index in [1.54, 1.807) is 0 Å². The number of aromatic nitrogens is 2. The molecule has 0 amide bonds. The summed E-state index contributed by atoms with van der Waals surface area (Å²) < 4.78 is 0. The quantitative estimate of drug-likeness (QED) is 0.764. The molecule has 0 unspecified atom stereocenters. The van der Waals surface area contributed by atoms with Crippen LogP contribution in [0.3, 0.4) is 0 Å². The van der Waals surface area contributed by atoms with Crippen LogP contribution in [0.25, 0.3) is 0 Å². The van der Waals surface area contributed by atoms with Crippen molar-refractivity contribution in [2.24, 2.45) is 0 Å². The summed E-state index contributed by atoms with van der Waals surface area (Å²) in [6.45, 7) is 4.05. The van der Waals surface area contributed by atoms with Gasteiger partial charge in [0.25, 0.3) is 5.56 Å². The Labute approximate surface area is 82.8 Å². The Balaban J connectivity index is 2.26. The number of rotatable bonds is 3. The second-order valence-electron chi connectivity index (χ2n) is 4.09. The molecule has 1 aliphatic carbocycles. The predicted molar refractivity (Wildman–Crippen MR) is 55.6 cm³/mol. The van der Waals surface area contributed by atoms with Crippen LogP contribution in [0.4, 0.5) is 5.82 Å². The fraction of sp³-hybridized carbons (Fsp3) is 0.600. The van der Waals surface area contributed by atoms with E-state index in [1.807, 2.05) is 13.8 Å². The van der Waals surface area contributed by atoms with E-state index in [2.05, 4.69) is 15.3 Å². The Morgan fingerprint density at radius 1 is 1.57 bits per heavy atom. The molecule has 76 valence electrons. The molecule has 1 heterocycles. The second-order valence-corrected chi connectivity index (χ2v) is 4.09. The molecule has 4 heteroatoms. The van der Waals surface area contributed by atoms with E-state index in [4.69, 9.17) is 0 Å². The molecule has 2 rings (SSSR count). The van der Waals surface area contributed by atoms with Gasteiger partial charge in [0.2, 0.25) is 0 Å². The highest BCUT2D eigenvalue weighted by Gasteiger charge is 2.26. The van der Waals surface area contributed by atoms with Crippen LogP contribution in [-0.2, 0) is 0 Å². The molecule has 0 radical (unpaired) electrons. The zero-order chi connectivity index (χ0) is 10.1. The molecule has 1 aromatic heterocycles. The highest BCUT2D eigenvalue weighted by Crippen LogP contribution is 2.37. The number of H-pyrrole nitrogens is 1. The molecule has 1 aromatic rings. The number of nitrogens with zero attached hydrogens (tertiary/aromatic N) is 1. The Morgan fingerprint density at radius 3 is 2.86 bits per heavy atom.